The van der Waals surface area contributed by atoms with Crippen LogP contribution in [0, 0.1) is 5.92 Å². The first-order valence-electron chi connectivity index (χ1n) is 7.97. The Kier molecular flexibility index (Phi) is 4.51. The highest BCUT2D eigenvalue weighted by molar-refractivity contribution is 6.33. The number of para-hydroxylation sites is 1. The van der Waals surface area contributed by atoms with E-state index in [1.807, 2.05) is 29.2 Å². The Labute approximate surface area is 131 Å². The summed E-state index contributed by atoms with van der Waals surface area (Å²) in [6, 6.07) is 7.95. The lowest BCUT2D eigenvalue weighted by Gasteiger charge is -2.34. The van der Waals surface area contributed by atoms with Crippen LogP contribution < -0.4 is 10.2 Å². The number of rotatable bonds is 5. The summed E-state index contributed by atoms with van der Waals surface area (Å²) in [5, 5.41) is 4.18. The third-order valence-corrected chi connectivity index (χ3v) is 4.77. The second-order valence-corrected chi connectivity index (χ2v) is 6.79. The Morgan fingerprint density at radius 1 is 1.33 bits per heavy atom. The molecule has 1 amide bonds. The van der Waals surface area contributed by atoms with Crippen molar-refractivity contribution in [1.29, 1.82) is 0 Å². The van der Waals surface area contributed by atoms with Crippen LogP contribution in [-0.4, -0.2) is 24.5 Å². The molecule has 1 saturated heterocycles. The van der Waals surface area contributed by atoms with Gasteiger partial charge in [-0.15, -0.1) is 0 Å². The topological polar surface area (TPSA) is 32.3 Å². The van der Waals surface area contributed by atoms with E-state index in [0.717, 1.165) is 31.0 Å². The number of amides is 1. The highest BCUT2D eigenvalue weighted by Crippen LogP contribution is 2.34. The van der Waals surface area contributed by atoms with Crippen molar-refractivity contribution in [3.8, 4) is 0 Å². The van der Waals surface area contributed by atoms with E-state index in [9.17, 15) is 4.79 Å². The Morgan fingerprint density at radius 3 is 2.81 bits per heavy atom. The summed E-state index contributed by atoms with van der Waals surface area (Å²) in [5.41, 5.74) is 0.838. The molecular formula is C17H23ClN2O. The first-order chi connectivity index (χ1) is 10.1. The van der Waals surface area contributed by atoms with E-state index >= 15 is 0 Å². The van der Waals surface area contributed by atoms with Gasteiger partial charge in [0.2, 0.25) is 5.91 Å². The van der Waals surface area contributed by atoms with Gasteiger partial charge < -0.3 is 10.2 Å². The maximum Gasteiger partial charge on any atom is 0.244 e. The van der Waals surface area contributed by atoms with Crippen molar-refractivity contribution in [2.45, 2.75) is 51.1 Å². The number of anilines is 1. The van der Waals surface area contributed by atoms with Crippen LogP contribution in [0.5, 0.6) is 0 Å². The fraction of sp³-hybridized carbons (Fsp3) is 0.588. The van der Waals surface area contributed by atoms with Crippen LogP contribution in [0.3, 0.4) is 0 Å². The minimum absolute atomic E-state index is 0.0660. The zero-order valence-corrected chi connectivity index (χ0v) is 13.3. The molecule has 0 spiro atoms. The van der Waals surface area contributed by atoms with Gasteiger partial charge in [-0.2, -0.15) is 0 Å². The lowest BCUT2D eigenvalue weighted by molar-refractivity contribution is -0.122. The number of hydrogen-bond donors (Lipinski definition) is 1. The summed E-state index contributed by atoms with van der Waals surface area (Å²) in [6.07, 6.45) is 5.85. The van der Waals surface area contributed by atoms with Gasteiger partial charge >= 0.3 is 0 Å². The van der Waals surface area contributed by atoms with E-state index in [4.69, 9.17) is 11.6 Å². The van der Waals surface area contributed by atoms with Gasteiger partial charge in [0.15, 0.2) is 0 Å². The van der Waals surface area contributed by atoms with E-state index in [1.165, 1.54) is 19.3 Å². The number of nitrogens with zero attached hydrogens (tertiary/aromatic N) is 1. The minimum Gasteiger partial charge on any atom is -0.310 e. The maximum absolute atomic E-state index is 12.7. The molecule has 3 rings (SSSR count). The fourth-order valence-electron chi connectivity index (χ4n) is 3.20. The highest BCUT2D eigenvalue weighted by atomic mass is 35.5. The molecule has 114 valence electrons. The second kappa shape index (κ2) is 6.37. The van der Waals surface area contributed by atoms with Crippen LogP contribution in [0.15, 0.2) is 24.3 Å². The number of carbonyl (C=O) groups excluding carboxylic acids is 1. The van der Waals surface area contributed by atoms with Crippen LogP contribution in [0.4, 0.5) is 5.69 Å². The predicted molar refractivity (Wildman–Crippen MR) is 86.8 cm³/mol. The number of hydrogen-bond acceptors (Lipinski definition) is 2. The van der Waals surface area contributed by atoms with E-state index in [-0.39, 0.29) is 11.9 Å². The first kappa shape index (κ1) is 14.9. The Hall–Kier alpha value is -1.06. The highest BCUT2D eigenvalue weighted by Gasteiger charge is 2.32. The number of halogens is 1. The molecule has 1 heterocycles. The summed E-state index contributed by atoms with van der Waals surface area (Å²) < 4.78 is 0. The van der Waals surface area contributed by atoms with Crippen molar-refractivity contribution in [1.82, 2.24) is 5.32 Å². The fourth-order valence-corrected chi connectivity index (χ4v) is 3.44. The number of benzene rings is 1. The molecule has 1 aromatic rings. The normalized spacial score (nSPS) is 24.2. The summed E-state index contributed by atoms with van der Waals surface area (Å²) in [4.78, 5) is 14.6. The van der Waals surface area contributed by atoms with Crippen molar-refractivity contribution < 1.29 is 4.79 Å². The molecule has 0 bridgehead atoms. The summed E-state index contributed by atoms with van der Waals surface area (Å²) >= 11 is 6.24. The number of carbonyl (C=O) groups is 1. The Bertz CT molecular complexity index is 515. The quantitative estimate of drug-likeness (QED) is 0.901. The van der Waals surface area contributed by atoms with Crippen LogP contribution in [-0.2, 0) is 4.79 Å². The van der Waals surface area contributed by atoms with Gasteiger partial charge in [0.25, 0.3) is 0 Å². The largest absolute Gasteiger partial charge is 0.310 e. The smallest absolute Gasteiger partial charge is 0.244 e. The summed E-state index contributed by atoms with van der Waals surface area (Å²) in [5.74, 6) is 1.04. The van der Waals surface area contributed by atoms with E-state index in [0.29, 0.717) is 11.1 Å². The molecule has 4 heteroatoms. The van der Waals surface area contributed by atoms with Crippen LogP contribution in [0.1, 0.15) is 39.0 Å². The van der Waals surface area contributed by atoms with Gasteiger partial charge in [0, 0.05) is 12.6 Å². The number of nitrogens with one attached hydrogen (secondary N) is 1. The molecule has 1 aromatic carbocycles. The van der Waals surface area contributed by atoms with Gasteiger partial charge in [-0.25, -0.2) is 0 Å². The van der Waals surface area contributed by atoms with Crippen LogP contribution in [0.2, 0.25) is 5.02 Å². The molecule has 1 aliphatic carbocycles. The average Bonchev–Trinajstić information content (AvgIpc) is 3.26. The van der Waals surface area contributed by atoms with Gasteiger partial charge in [0.05, 0.1) is 16.8 Å². The molecule has 1 saturated carbocycles. The molecule has 1 N–H and O–H groups in total. The molecule has 2 unspecified atom stereocenters. The van der Waals surface area contributed by atoms with Crippen molar-refractivity contribution in [3.63, 3.8) is 0 Å². The van der Waals surface area contributed by atoms with Crippen molar-refractivity contribution >= 4 is 23.2 Å². The van der Waals surface area contributed by atoms with Crippen LogP contribution in [0.25, 0.3) is 0 Å². The number of piperidine rings is 1. The Balaban J connectivity index is 1.66. The first-order valence-corrected chi connectivity index (χ1v) is 8.35. The van der Waals surface area contributed by atoms with Gasteiger partial charge in [-0.1, -0.05) is 36.6 Å². The van der Waals surface area contributed by atoms with Crippen molar-refractivity contribution in [3.05, 3.63) is 29.3 Å². The standard InChI is InChI=1S/C17H23ClN2O/c1-12(11-13-8-9-13)19-15-6-4-10-20(17(15)21)16-7-3-2-5-14(16)18/h2-3,5,7,12-13,15,19H,4,6,8-11H2,1H3. The average molecular weight is 307 g/mol. The van der Waals surface area contributed by atoms with Crippen LogP contribution >= 0.6 is 11.6 Å². The third kappa shape index (κ3) is 3.58. The van der Waals surface area contributed by atoms with E-state index < -0.39 is 0 Å². The van der Waals surface area contributed by atoms with E-state index in [1.54, 1.807) is 0 Å². The molecule has 3 nitrogen and oxygen atoms in total. The molecule has 2 fully saturated rings. The maximum atomic E-state index is 12.7. The van der Waals surface area contributed by atoms with Crippen molar-refractivity contribution in [2.75, 3.05) is 11.4 Å². The summed E-state index contributed by atoms with van der Waals surface area (Å²) in [7, 11) is 0. The molecule has 2 aliphatic rings. The van der Waals surface area contributed by atoms with Crippen molar-refractivity contribution in [2.24, 2.45) is 5.92 Å². The second-order valence-electron chi connectivity index (χ2n) is 6.38. The van der Waals surface area contributed by atoms with Gasteiger partial charge in [-0.3, -0.25) is 4.79 Å². The Morgan fingerprint density at radius 2 is 2.10 bits per heavy atom. The molecular weight excluding hydrogens is 284 g/mol. The monoisotopic (exact) mass is 306 g/mol. The molecule has 21 heavy (non-hydrogen) atoms. The lowest BCUT2D eigenvalue weighted by Crippen LogP contribution is -2.53. The summed E-state index contributed by atoms with van der Waals surface area (Å²) in [6.45, 7) is 2.96. The third-order valence-electron chi connectivity index (χ3n) is 4.45. The van der Waals surface area contributed by atoms with E-state index in [2.05, 4.69) is 12.2 Å². The molecule has 0 aromatic heterocycles. The molecule has 0 radical (unpaired) electrons. The zero-order chi connectivity index (χ0) is 14.8. The molecule has 1 aliphatic heterocycles. The van der Waals surface area contributed by atoms with Gasteiger partial charge in [0.1, 0.15) is 0 Å². The minimum atomic E-state index is -0.0660. The molecule has 2 atom stereocenters. The lowest BCUT2D eigenvalue weighted by atomic mass is 10.0. The SMILES string of the molecule is CC(CC1CC1)NC1CCCN(c2ccccc2Cl)C1=O. The zero-order valence-electron chi connectivity index (χ0n) is 12.5. The van der Waals surface area contributed by atoms with Gasteiger partial charge in [-0.05, 0) is 44.2 Å². The predicted octanol–water partition coefficient (Wildman–Crippen LogP) is 3.61.